The normalized spacial score (nSPS) is 10.2. The molecule has 0 saturated heterocycles. The summed E-state index contributed by atoms with van der Waals surface area (Å²) in [7, 11) is 0. The fraction of sp³-hybridized carbons (Fsp3) is 0.0667. The zero-order chi connectivity index (χ0) is 15.2. The van der Waals surface area contributed by atoms with E-state index in [-0.39, 0.29) is 6.03 Å². The summed E-state index contributed by atoms with van der Waals surface area (Å²) in [6, 6.07) is 7.54. The quantitative estimate of drug-likeness (QED) is 0.776. The van der Waals surface area contributed by atoms with Crippen molar-refractivity contribution >= 4 is 23.2 Å². The Bertz CT molecular complexity index is 746. The van der Waals surface area contributed by atoms with Gasteiger partial charge in [0.15, 0.2) is 5.82 Å². The van der Waals surface area contributed by atoms with Gasteiger partial charge in [0, 0.05) is 36.1 Å². The molecule has 6 nitrogen and oxygen atoms in total. The van der Waals surface area contributed by atoms with Crippen LogP contribution in [0.4, 0.5) is 10.6 Å². The Labute approximate surface area is 131 Å². The third-order valence-electron chi connectivity index (χ3n) is 2.92. The standard InChI is InChI=1S/C15H13N5OS/c21-15(20-13-10-16-5-6-17-13)19-9-11-3-1-2-4-12(11)14-18-7-8-22-14/h1-8,10H,9H2,(H2,17,19,20,21). The third kappa shape index (κ3) is 3.44. The minimum absolute atomic E-state index is 0.325. The Kier molecular flexibility index (Phi) is 4.35. The lowest BCUT2D eigenvalue weighted by atomic mass is 10.1. The lowest BCUT2D eigenvalue weighted by Gasteiger charge is -2.09. The van der Waals surface area contributed by atoms with Crippen LogP contribution in [0.15, 0.2) is 54.4 Å². The largest absolute Gasteiger partial charge is 0.334 e. The lowest BCUT2D eigenvalue weighted by Crippen LogP contribution is -2.28. The zero-order valence-electron chi connectivity index (χ0n) is 11.6. The fourth-order valence-electron chi connectivity index (χ4n) is 1.94. The fourth-order valence-corrected chi connectivity index (χ4v) is 2.64. The number of thiazole rings is 1. The number of nitrogens with one attached hydrogen (secondary N) is 2. The zero-order valence-corrected chi connectivity index (χ0v) is 12.4. The maximum atomic E-state index is 11.9. The highest BCUT2D eigenvalue weighted by molar-refractivity contribution is 7.13. The monoisotopic (exact) mass is 311 g/mol. The molecule has 0 fully saturated rings. The van der Waals surface area contributed by atoms with Crippen molar-refractivity contribution in [1.29, 1.82) is 0 Å². The van der Waals surface area contributed by atoms with E-state index in [0.717, 1.165) is 16.1 Å². The molecule has 2 aromatic heterocycles. The molecule has 0 spiro atoms. The summed E-state index contributed by atoms with van der Waals surface area (Å²) in [5, 5.41) is 8.31. The summed E-state index contributed by atoms with van der Waals surface area (Å²) < 4.78 is 0. The molecule has 1 aromatic carbocycles. The van der Waals surface area contributed by atoms with Crippen LogP contribution in [-0.4, -0.2) is 21.0 Å². The highest BCUT2D eigenvalue weighted by atomic mass is 32.1. The first-order valence-electron chi connectivity index (χ1n) is 6.61. The van der Waals surface area contributed by atoms with Gasteiger partial charge in [0.1, 0.15) is 5.01 Å². The van der Waals surface area contributed by atoms with Gasteiger partial charge in [-0.25, -0.2) is 14.8 Å². The smallest absolute Gasteiger partial charge is 0.320 e. The Morgan fingerprint density at radius 1 is 1.14 bits per heavy atom. The molecule has 0 aliphatic rings. The predicted octanol–water partition coefficient (Wildman–Crippen LogP) is 2.92. The van der Waals surface area contributed by atoms with Crippen LogP contribution in [0.25, 0.3) is 10.6 Å². The Morgan fingerprint density at radius 2 is 2.05 bits per heavy atom. The van der Waals surface area contributed by atoms with E-state index in [1.165, 1.54) is 12.4 Å². The van der Waals surface area contributed by atoms with E-state index < -0.39 is 0 Å². The molecule has 2 N–H and O–H groups in total. The van der Waals surface area contributed by atoms with E-state index in [9.17, 15) is 4.79 Å². The van der Waals surface area contributed by atoms with Crippen LogP contribution in [0, 0.1) is 0 Å². The second-order valence-electron chi connectivity index (χ2n) is 4.39. The van der Waals surface area contributed by atoms with Crippen molar-refractivity contribution in [2.45, 2.75) is 6.54 Å². The van der Waals surface area contributed by atoms with Gasteiger partial charge in [-0.2, -0.15) is 0 Å². The molecule has 2 amide bonds. The number of hydrogen-bond acceptors (Lipinski definition) is 5. The Morgan fingerprint density at radius 3 is 2.82 bits per heavy atom. The molecular formula is C15H13N5OS. The number of nitrogens with zero attached hydrogens (tertiary/aromatic N) is 3. The van der Waals surface area contributed by atoms with E-state index in [2.05, 4.69) is 25.6 Å². The lowest BCUT2D eigenvalue weighted by molar-refractivity contribution is 0.251. The minimum Gasteiger partial charge on any atom is -0.334 e. The molecule has 3 rings (SSSR count). The molecule has 110 valence electrons. The number of rotatable bonds is 4. The average molecular weight is 311 g/mol. The molecule has 0 aliphatic heterocycles. The van der Waals surface area contributed by atoms with Gasteiger partial charge in [-0.05, 0) is 5.56 Å². The van der Waals surface area contributed by atoms with Crippen molar-refractivity contribution in [2.75, 3.05) is 5.32 Å². The molecule has 0 aliphatic carbocycles. The van der Waals surface area contributed by atoms with Crippen molar-refractivity contribution < 1.29 is 4.79 Å². The molecule has 0 atom stereocenters. The molecular weight excluding hydrogens is 298 g/mol. The van der Waals surface area contributed by atoms with Crippen molar-refractivity contribution in [2.24, 2.45) is 0 Å². The summed E-state index contributed by atoms with van der Waals surface area (Å²) in [5.41, 5.74) is 2.03. The van der Waals surface area contributed by atoms with E-state index in [1.807, 2.05) is 29.6 Å². The highest BCUT2D eigenvalue weighted by Crippen LogP contribution is 2.25. The van der Waals surface area contributed by atoms with Crippen LogP contribution in [0.2, 0.25) is 0 Å². The number of carbonyl (C=O) groups excluding carboxylic acids is 1. The molecule has 3 aromatic rings. The summed E-state index contributed by atoms with van der Waals surface area (Å²) in [5.74, 6) is 0.410. The number of hydrogen-bond donors (Lipinski definition) is 2. The summed E-state index contributed by atoms with van der Waals surface area (Å²) in [4.78, 5) is 24.1. The molecule has 0 unspecified atom stereocenters. The number of aromatic nitrogens is 3. The van der Waals surface area contributed by atoms with Crippen LogP contribution in [0.5, 0.6) is 0 Å². The maximum Gasteiger partial charge on any atom is 0.320 e. The molecule has 7 heteroatoms. The topological polar surface area (TPSA) is 79.8 Å². The molecule has 22 heavy (non-hydrogen) atoms. The molecule has 0 bridgehead atoms. The second kappa shape index (κ2) is 6.77. The SMILES string of the molecule is O=C(NCc1ccccc1-c1nccs1)Nc1cnccn1. The number of urea groups is 1. The van der Waals surface area contributed by atoms with E-state index in [1.54, 1.807) is 23.7 Å². The van der Waals surface area contributed by atoms with Crippen molar-refractivity contribution in [3.8, 4) is 10.6 Å². The number of amides is 2. The summed E-state index contributed by atoms with van der Waals surface area (Å²) in [6.45, 7) is 0.405. The second-order valence-corrected chi connectivity index (χ2v) is 5.29. The maximum absolute atomic E-state index is 11.9. The van der Waals surface area contributed by atoms with Crippen molar-refractivity contribution in [1.82, 2.24) is 20.3 Å². The molecule has 0 radical (unpaired) electrons. The van der Waals surface area contributed by atoms with E-state index >= 15 is 0 Å². The van der Waals surface area contributed by atoms with Gasteiger partial charge in [-0.15, -0.1) is 11.3 Å². The van der Waals surface area contributed by atoms with Crippen LogP contribution in [0.3, 0.4) is 0 Å². The first kappa shape index (κ1) is 14.2. The van der Waals surface area contributed by atoms with Crippen molar-refractivity contribution in [3.05, 3.63) is 60.0 Å². The van der Waals surface area contributed by atoms with Gasteiger partial charge in [-0.1, -0.05) is 24.3 Å². The van der Waals surface area contributed by atoms with Gasteiger partial charge in [0.2, 0.25) is 0 Å². The van der Waals surface area contributed by atoms with E-state index in [4.69, 9.17) is 0 Å². The number of benzene rings is 1. The van der Waals surface area contributed by atoms with Crippen LogP contribution < -0.4 is 10.6 Å². The van der Waals surface area contributed by atoms with Gasteiger partial charge in [0.05, 0.1) is 6.20 Å². The Hall–Kier alpha value is -2.80. The first-order valence-corrected chi connectivity index (χ1v) is 7.49. The molecule has 2 heterocycles. The third-order valence-corrected chi connectivity index (χ3v) is 3.73. The van der Waals surface area contributed by atoms with Gasteiger partial charge < -0.3 is 5.32 Å². The van der Waals surface area contributed by atoms with Crippen LogP contribution in [-0.2, 0) is 6.54 Å². The van der Waals surface area contributed by atoms with Gasteiger partial charge in [0.25, 0.3) is 0 Å². The van der Waals surface area contributed by atoms with Gasteiger partial charge in [-0.3, -0.25) is 10.3 Å². The van der Waals surface area contributed by atoms with Crippen LogP contribution in [0.1, 0.15) is 5.56 Å². The number of anilines is 1. The average Bonchev–Trinajstić information content (AvgIpc) is 3.08. The van der Waals surface area contributed by atoms with Gasteiger partial charge >= 0.3 is 6.03 Å². The molecule has 0 saturated carbocycles. The predicted molar refractivity (Wildman–Crippen MR) is 85.4 cm³/mol. The first-order chi connectivity index (χ1) is 10.8. The highest BCUT2D eigenvalue weighted by Gasteiger charge is 2.08. The minimum atomic E-state index is -0.325. The summed E-state index contributed by atoms with van der Waals surface area (Å²) in [6.07, 6.45) is 6.33. The summed E-state index contributed by atoms with van der Waals surface area (Å²) >= 11 is 1.57. The van der Waals surface area contributed by atoms with E-state index in [0.29, 0.717) is 12.4 Å². The Balaban J connectivity index is 1.66. The van der Waals surface area contributed by atoms with Crippen LogP contribution >= 0.6 is 11.3 Å². The number of carbonyl (C=O) groups is 1. The van der Waals surface area contributed by atoms with Crippen molar-refractivity contribution in [3.63, 3.8) is 0 Å².